The minimum absolute atomic E-state index is 0.0254. The second-order valence-electron chi connectivity index (χ2n) is 7.61. The van der Waals surface area contributed by atoms with Crippen LogP contribution in [-0.2, 0) is 9.53 Å². The summed E-state index contributed by atoms with van der Waals surface area (Å²) in [5, 5.41) is 10.1. The molecule has 1 N–H and O–H groups in total. The lowest BCUT2D eigenvalue weighted by Crippen LogP contribution is -2.57. The van der Waals surface area contributed by atoms with E-state index in [0.29, 0.717) is 18.4 Å². The second kappa shape index (κ2) is 5.32. The molecule has 4 aliphatic carbocycles. The zero-order valence-electron chi connectivity index (χ0n) is 12.8. The zero-order chi connectivity index (χ0) is 14.3. The Balaban J connectivity index is 1.70. The monoisotopic (exact) mass is 280 g/mol. The van der Waals surface area contributed by atoms with E-state index in [1.807, 2.05) is 13.8 Å². The largest absolute Gasteiger partial charge is 0.465 e. The van der Waals surface area contributed by atoms with Gasteiger partial charge in [-0.2, -0.15) is 0 Å². The fraction of sp³-hybridized carbons (Fsp3) is 0.941. The van der Waals surface area contributed by atoms with Crippen LogP contribution in [0.1, 0.15) is 52.4 Å². The quantitative estimate of drug-likeness (QED) is 0.787. The Bertz CT molecular complexity index is 348. The molecule has 4 aliphatic rings. The molecule has 114 valence electrons. The fourth-order valence-corrected chi connectivity index (χ4v) is 5.18. The van der Waals surface area contributed by atoms with Gasteiger partial charge in [0.2, 0.25) is 0 Å². The summed E-state index contributed by atoms with van der Waals surface area (Å²) in [6.07, 6.45) is 7.20. The third kappa shape index (κ3) is 2.18. The zero-order valence-corrected chi connectivity index (χ0v) is 12.8. The first-order chi connectivity index (χ1) is 9.59. The van der Waals surface area contributed by atoms with Crippen LogP contribution in [0.3, 0.4) is 0 Å². The summed E-state index contributed by atoms with van der Waals surface area (Å²) in [5.41, 5.74) is -0.128. The van der Waals surface area contributed by atoms with Gasteiger partial charge >= 0.3 is 5.97 Å². The minimum atomic E-state index is -0.128. The Morgan fingerprint density at radius 2 is 1.75 bits per heavy atom. The number of hydrogen-bond acceptors (Lipinski definition) is 3. The lowest BCUT2D eigenvalue weighted by molar-refractivity contribution is -0.179. The third-order valence-corrected chi connectivity index (χ3v) is 6.56. The van der Waals surface area contributed by atoms with Gasteiger partial charge in [-0.3, -0.25) is 4.79 Å². The van der Waals surface area contributed by atoms with Gasteiger partial charge in [0.25, 0.3) is 0 Å². The number of hydrogen-bond donors (Lipinski definition) is 1. The Labute approximate surface area is 122 Å². The molecule has 4 fully saturated rings. The molecule has 1 unspecified atom stereocenters. The van der Waals surface area contributed by atoms with Gasteiger partial charge in [0, 0.05) is 5.41 Å². The lowest BCUT2D eigenvalue weighted by Gasteiger charge is -2.60. The normalized spacial score (nSPS) is 43.5. The van der Waals surface area contributed by atoms with Gasteiger partial charge in [0.05, 0.1) is 19.1 Å². The Kier molecular flexibility index (Phi) is 3.83. The summed E-state index contributed by atoms with van der Waals surface area (Å²) in [5.74, 6) is 2.79. The van der Waals surface area contributed by atoms with Gasteiger partial charge in [0.1, 0.15) is 0 Å². The highest BCUT2D eigenvalue weighted by atomic mass is 16.5. The molecule has 4 saturated carbocycles. The molecule has 1 atom stereocenters. The van der Waals surface area contributed by atoms with Crippen molar-refractivity contribution in [1.29, 1.82) is 0 Å². The molecule has 0 aliphatic heterocycles. The van der Waals surface area contributed by atoms with E-state index in [-0.39, 0.29) is 23.9 Å². The number of esters is 1. The number of ether oxygens (including phenoxy) is 1. The molecule has 0 amide bonds. The molecule has 0 aromatic heterocycles. The highest BCUT2D eigenvalue weighted by Crippen LogP contribution is 2.62. The van der Waals surface area contributed by atoms with Gasteiger partial charge in [-0.25, -0.2) is 0 Å². The molecule has 0 aromatic carbocycles. The van der Waals surface area contributed by atoms with Gasteiger partial charge in [-0.15, -0.1) is 0 Å². The number of carbonyl (C=O) groups excluding carboxylic acids is 1. The molecule has 0 heterocycles. The third-order valence-electron chi connectivity index (χ3n) is 6.56. The van der Waals surface area contributed by atoms with Gasteiger partial charge in [-0.05, 0) is 62.2 Å². The highest BCUT2D eigenvalue weighted by Gasteiger charge is 2.57. The highest BCUT2D eigenvalue weighted by molar-refractivity contribution is 5.71. The van der Waals surface area contributed by atoms with Crippen molar-refractivity contribution in [3.05, 3.63) is 0 Å². The molecule has 0 saturated heterocycles. The molecule has 3 heteroatoms. The van der Waals surface area contributed by atoms with Crippen LogP contribution in [0.2, 0.25) is 0 Å². The fourth-order valence-electron chi connectivity index (χ4n) is 5.18. The molecule has 4 bridgehead atoms. The topological polar surface area (TPSA) is 46.5 Å². The van der Waals surface area contributed by atoms with E-state index in [2.05, 4.69) is 0 Å². The molecular formula is C17H28O3. The molecule has 20 heavy (non-hydrogen) atoms. The molecule has 3 nitrogen and oxygen atoms in total. The minimum Gasteiger partial charge on any atom is -0.465 e. The predicted octanol–water partition coefficient (Wildman–Crippen LogP) is 3.01. The average molecular weight is 280 g/mol. The number of rotatable bonds is 5. The maximum Gasteiger partial charge on any atom is 0.308 e. The average Bonchev–Trinajstić information content (AvgIpc) is 2.45. The van der Waals surface area contributed by atoms with E-state index >= 15 is 0 Å². The number of carbonyl (C=O) groups is 1. The molecular weight excluding hydrogens is 252 g/mol. The second-order valence-corrected chi connectivity index (χ2v) is 7.61. The van der Waals surface area contributed by atoms with Crippen molar-refractivity contribution < 1.29 is 14.6 Å². The van der Waals surface area contributed by atoms with E-state index in [0.717, 1.165) is 18.3 Å². The lowest BCUT2D eigenvalue weighted by atomic mass is 9.45. The van der Waals surface area contributed by atoms with Gasteiger partial charge in [0.15, 0.2) is 0 Å². The Morgan fingerprint density at radius 3 is 2.20 bits per heavy atom. The van der Waals surface area contributed by atoms with Crippen molar-refractivity contribution in [3.8, 4) is 0 Å². The van der Waals surface area contributed by atoms with Crippen LogP contribution in [0.15, 0.2) is 0 Å². The van der Waals surface area contributed by atoms with Crippen molar-refractivity contribution in [2.75, 3.05) is 13.2 Å². The standard InChI is InChI=1S/C17H28O3/c1-3-11(2)16(19)20-10-17(9-18)14-5-12-4-13(7-14)8-15(17)6-12/h11-15,18H,3-10H2,1-2H3. The van der Waals surface area contributed by atoms with Crippen molar-refractivity contribution in [2.45, 2.75) is 52.4 Å². The van der Waals surface area contributed by atoms with Gasteiger partial charge < -0.3 is 9.84 Å². The smallest absolute Gasteiger partial charge is 0.308 e. The van der Waals surface area contributed by atoms with Crippen LogP contribution < -0.4 is 0 Å². The van der Waals surface area contributed by atoms with Crippen molar-refractivity contribution in [3.63, 3.8) is 0 Å². The summed E-state index contributed by atoms with van der Waals surface area (Å²) in [7, 11) is 0. The van der Waals surface area contributed by atoms with Crippen molar-refractivity contribution >= 4 is 5.97 Å². The number of aliphatic hydroxyl groups excluding tert-OH is 1. The SMILES string of the molecule is CCC(C)C(=O)OCC1(CO)C2CC3CC(C2)CC1C3. The van der Waals surface area contributed by atoms with Crippen LogP contribution in [0.4, 0.5) is 0 Å². The summed E-state index contributed by atoms with van der Waals surface area (Å²) >= 11 is 0. The van der Waals surface area contributed by atoms with Crippen LogP contribution in [-0.4, -0.2) is 24.3 Å². The Morgan fingerprint density at radius 1 is 1.20 bits per heavy atom. The first-order valence-electron chi connectivity index (χ1n) is 8.36. The molecule has 0 spiro atoms. The van der Waals surface area contributed by atoms with Crippen LogP contribution in [0, 0.1) is 35.0 Å². The summed E-state index contributed by atoms with van der Waals surface area (Å²) in [6, 6.07) is 0. The molecule has 0 aromatic rings. The van der Waals surface area contributed by atoms with Crippen molar-refractivity contribution in [2.24, 2.45) is 35.0 Å². The molecule has 4 rings (SSSR count). The first-order valence-corrected chi connectivity index (χ1v) is 8.36. The summed E-state index contributed by atoms with van der Waals surface area (Å²) in [6.45, 7) is 4.57. The summed E-state index contributed by atoms with van der Waals surface area (Å²) < 4.78 is 5.62. The maximum absolute atomic E-state index is 12.0. The van der Waals surface area contributed by atoms with E-state index in [1.165, 1.54) is 32.1 Å². The van der Waals surface area contributed by atoms with Crippen molar-refractivity contribution in [1.82, 2.24) is 0 Å². The van der Waals surface area contributed by atoms with E-state index in [1.54, 1.807) is 0 Å². The van der Waals surface area contributed by atoms with Crippen LogP contribution in [0.5, 0.6) is 0 Å². The van der Waals surface area contributed by atoms with E-state index < -0.39 is 0 Å². The van der Waals surface area contributed by atoms with E-state index in [4.69, 9.17) is 4.74 Å². The predicted molar refractivity (Wildman–Crippen MR) is 77.0 cm³/mol. The van der Waals surface area contributed by atoms with Crippen LogP contribution in [0.25, 0.3) is 0 Å². The van der Waals surface area contributed by atoms with Crippen LogP contribution >= 0.6 is 0 Å². The molecule has 0 radical (unpaired) electrons. The maximum atomic E-state index is 12.0. The number of aliphatic hydroxyl groups is 1. The Hall–Kier alpha value is -0.570. The van der Waals surface area contributed by atoms with Gasteiger partial charge in [-0.1, -0.05) is 13.8 Å². The summed E-state index contributed by atoms with van der Waals surface area (Å²) in [4.78, 5) is 12.0. The van der Waals surface area contributed by atoms with E-state index in [9.17, 15) is 9.90 Å². The first kappa shape index (κ1) is 14.4.